The molecule has 18 heavy (non-hydrogen) atoms. The van der Waals surface area contributed by atoms with Crippen LogP contribution in [0.3, 0.4) is 0 Å². The summed E-state index contributed by atoms with van der Waals surface area (Å²) in [7, 11) is 1.61. The van der Waals surface area contributed by atoms with Crippen molar-refractivity contribution in [2.45, 2.75) is 0 Å². The van der Waals surface area contributed by atoms with Crippen molar-refractivity contribution in [3.63, 3.8) is 0 Å². The van der Waals surface area contributed by atoms with Crippen LogP contribution in [0, 0.1) is 0 Å². The van der Waals surface area contributed by atoms with Crippen molar-refractivity contribution in [3.05, 3.63) is 36.4 Å². The average Bonchev–Trinajstić information content (AvgIpc) is 2.86. The zero-order valence-corrected chi connectivity index (χ0v) is 9.97. The quantitative estimate of drug-likeness (QED) is 0.824. The summed E-state index contributed by atoms with van der Waals surface area (Å²) < 4.78 is 15.9. The lowest BCUT2D eigenvalue weighted by molar-refractivity contribution is 0.174. The first-order valence-corrected chi connectivity index (χ1v) is 5.61. The molecule has 3 rings (SSSR count). The van der Waals surface area contributed by atoms with Crippen LogP contribution >= 0.6 is 0 Å². The fourth-order valence-corrected chi connectivity index (χ4v) is 1.97. The molecule has 0 aromatic heterocycles. The number of hydrogen-bond acceptors (Lipinski definition) is 4. The van der Waals surface area contributed by atoms with Crippen LogP contribution in [-0.4, -0.2) is 13.9 Å². The minimum Gasteiger partial charge on any atom is -0.495 e. The van der Waals surface area contributed by atoms with Gasteiger partial charge in [-0.15, -0.1) is 0 Å². The second-order valence-electron chi connectivity index (χ2n) is 4.02. The number of nitrogen functional groups attached to an aromatic ring is 1. The molecule has 0 saturated carbocycles. The van der Waals surface area contributed by atoms with Crippen molar-refractivity contribution in [2.75, 3.05) is 19.6 Å². The van der Waals surface area contributed by atoms with Gasteiger partial charge in [0.25, 0.3) is 0 Å². The van der Waals surface area contributed by atoms with Crippen LogP contribution in [0.5, 0.6) is 17.2 Å². The van der Waals surface area contributed by atoms with Gasteiger partial charge in [-0.25, -0.2) is 0 Å². The van der Waals surface area contributed by atoms with Crippen LogP contribution in [0.4, 0.5) is 5.69 Å². The second kappa shape index (κ2) is 4.14. The van der Waals surface area contributed by atoms with Gasteiger partial charge in [0, 0.05) is 0 Å². The van der Waals surface area contributed by atoms with Gasteiger partial charge in [-0.3, -0.25) is 0 Å². The van der Waals surface area contributed by atoms with Crippen molar-refractivity contribution in [3.8, 4) is 28.4 Å². The molecule has 92 valence electrons. The van der Waals surface area contributed by atoms with Gasteiger partial charge in [0.05, 0.1) is 12.8 Å². The van der Waals surface area contributed by atoms with E-state index in [0.717, 1.165) is 22.6 Å². The molecule has 4 heteroatoms. The number of methoxy groups -OCH3 is 1. The van der Waals surface area contributed by atoms with Crippen molar-refractivity contribution >= 4 is 5.69 Å². The van der Waals surface area contributed by atoms with E-state index in [2.05, 4.69) is 0 Å². The number of fused-ring (bicyclic) bond motifs is 1. The van der Waals surface area contributed by atoms with E-state index < -0.39 is 0 Å². The minimum absolute atomic E-state index is 0.282. The summed E-state index contributed by atoms with van der Waals surface area (Å²) in [6.45, 7) is 0.282. The maximum Gasteiger partial charge on any atom is 0.231 e. The highest BCUT2D eigenvalue weighted by Gasteiger charge is 2.14. The number of nitrogens with two attached hydrogens (primary N) is 1. The third-order valence-corrected chi connectivity index (χ3v) is 2.94. The van der Waals surface area contributed by atoms with E-state index in [1.54, 1.807) is 7.11 Å². The molecule has 0 aliphatic carbocycles. The monoisotopic (exact) mass is 243 g/mol. The lowest BCUT2D eigenvalue weighted by Gasteiger charge is -2.08. The first-order chi connectivity index (χ1) is 8.78. The minimum atomic E-state index is 0.282. The predicted octanol–water partition coefficient (Wildman–Crippen LogP) is 2.67. The summed E-state index contributed by atoms with van der Waals surface area (Å²) >= 11 is 0. The smallest absolute Gasteiger partial charge is 0.231 e. The Morgan fingerprint density at radius 3 is 2.56 bits per heavy atom. The Kier molecular flexibility index (Phi) is 2.48. The number of benzene rings is 2. The second-order valence-corrected chi connectivity index (χ2v) is 4.02. The van der Waals surface area contributed by atoms with Crippen molar-refractivity contribution in [1.29, 1.82) is 0 Å². The van der Waals surface area contributed by atoms with Crippen LogP contribution in [0.15, 0.2) is 36.4 Å². The normalized spacial score (nSPS) is 12.5. The number of hydrogen-bond donors (Lipinski definition) is 1. The Bertz CT molecular complexity index is 587. The molecule has 0 radical (unpaired) electrons. The maximum atomic E-state index is 5.80. The molecular formula is C14H13NO3. The fraction of sp³-hybridized carbons (Fsp3) is 0.143. The summed E-state index contributed by atoms with van der Waals surface area (Å²) in [5.41, 5.74) is 8.49. The molecule has 0 unspecified atom stereocenters. The van der Waals surface area contributed by atoms with Crippen LogP contribution in [0.2, 0.25) is 0 Å². The summed E-state index contributed by atoms with van der Waals surface area (Å²) in [6, 6.07) is 11.5. The Balaban J connectivity index is 2.04. The van der Waals surface area contributed by atoms with Crippen LogP contribution in [-0.2, 0) is 0 Å². The van der Waals surface area contributed by atoms with E-state index >= 15 is 0 Å². The van der Waals surface area contributed by atoms with E-state index in [-0.39, 0.29) is 6.79 Å². The van der Waals surface area contributed by atoms with E-state index in [9.17, 15) is 0 Å². The molecule has 2 N–H and O–H groups in total. The fourth-order valence-electron chi connectivity index (χ4n) is 1.97. The van der Waals surface area contributed by atoms with Gasteiger partial charge < -0.3 is 19.9 Å². The van der Waals surface area contributed by atoms with Crippen LogP contribution < -0.4 is 19.9 Å². The molecule has 0 amide bonds. The molecule has 0 fully saturated rings. The molecular weight excluding hydrogens is 230 g/mol. The standard InChI is InChI=1S/C14H13NO3/c1-16-13-6-9(2-4-11(13)15)10-3-5-12-14(7-10)18-8-17-12/h2-7H,8,15H2,1H3. The topological polar surface area (TPSA) is 53.7 Å². The highest BCUT2D eigenvalue weighted by molar-refractivity contribution is 5.72. The molecule has 0 spiro atoms. The van der Waals surface area contributed by atoms with E-state index in [0.29, 0.717) is 11.4 Å². The van der Waals surface area contributed by atoms with E-state index in [1.165, 1.54) is 0 Å². The molecule has 1 aliphatic heterocycles. The maximum absolute atomic E-state index is 5.80. The zero-order valence-electron chi connectivity index (χ0n) is 9.97. The average molecular weight is 243 g/mol. The van der Waals surface area contributed by atoms with Gasteiger partial charge in [0.1, 0.15) is 5.75 Å². The lowest BCUT2D eigenvalue weighted by atomic mass is 10.0. The van der Waals surface area contributed by atoms with Gasteiger partial charge >= 0.3 is 0 Å². The van der Waals surface area contributed by atoms with Crippen molar-refractivity contribution in [2.24, 2.45) is 0 Å². The SMILES string of the molecule is COc1cc(-c2ccc3c(c2)OCO3)ccc1N. The molecule has 0 saturated heterocycles. The summed E-state index contributed by atoms with van der Waals surface area (Å²) in [5.74, 6) is 2.22. The summed E-state index contributed by atoms with van der Waals surface area (Å²) in [4.78, 5) is 0. The van der Waals surface area contributed by atoms with Gasteiger partial charge in [0.2, 0.25) is 6.79 Å². The molecule has 4 nitrogen and oxygen atoms in total. The van der Waals surface area contributed by atoms with Gasteiger partial charge in [-0.1, -0.05) is 12.1 Å². The molecule has 2 aromatic rings. The third-order valence-electron chi connectivity index (χ3n) is 2.94. The van der Waals surface area contributed by atoms with Crippen LogP contribution in [0.1, 0.15) is 0 Å². The van der Waals surface area contributed by atoms with Gasteiger partial charge in [-0.2, -0.15) is 0 Å². The van der Waals surface area contributed by atoms with E-state index in [4.69, 9.17) is 19.9 Å². The molecule has 2 aromatic carbocycles. The predicted molar refractivity (Wildman–Crippen MR) is 69.0 cm³/mol. The number of rotatable bonds is 2. The first kappa shape index (κ1) is 10.8. The molecule has 1 heterocycles. The number of anilines is 1. The molecule has 1 aliphatic rings. The highest BCUT2D eigenvalue weighted by atomic mass is 16.7. The first-order valence-electron chi connectivity index (χ1n) is 5.61. The number of ether oxygens (including phenoxy) is 3. The zero-order chi connectivity index (χ0) is 12.5. The highest BCUT2D eigenvalue weighted by Crippen LogP contribution is 2.37. The largest absolute Gasteiger partial charge is 0.495 e. The van der Waals surface area contributed by atoms with Crippen molar-refractivity contribution in [1.82, 2.24) is 0 Å². The van der Waals surface area contributed by atoms with Crippen LogP contribution in [0.25, 0.3) is 11.1 Å². The Hall–Kier alpha value is -2.36. The third kappa shape index (κ3) is 1.72. The van der Waals surface area contributed by atoms with Gasteiger partial charge in [0.15, 0.2) is 11.5 Å². The summed E-state index contributed by atoms with van der Waals surface area (Å²) in [5, 5.41) is 0. The molecule has 0 atom stereocenters. The van der Waals surface area contributed by atoms with E-state index in [1.807, 2.05) is 36.4 Å². The lowest BCUT2D eigenvalue weighted by Crippen LogP contribution is -1.93. The molecule has 0 bridgehead atoms. The van der Waals surface area contributed by atoms with Gasteiger partial charge in [-0.05, 0) is 35.4 Å². The Morgan fingerprint density at radius 2 is 1.72 bits per heavy atom. The van der Waals surface area contributed by atoms with Crippen molar-refractivity contribution < 1.29 is 14.2 Å². The summed E-state index contributed by atoms with van der Waals surface area (Å²) in [6.07, 6.45) is 0. The Morgan fingerprint density at radius 1 is 1.00 bits per heavy atom. The Labute approximate surface area is 105 Å².